The molecule has 0 aliphatic carbocycles. The highest BCUT2D eigenvalue weighted by atomic mass is 32.2. The summed E-state index contributed by atoms with van der Waals surface area (Å²) in [4.78, 5) is 0. The highest BCUT2D eigenvalue weighted by molar-refractivity contribution is 7.88. The smallest absolute Gasteiger partial charge is 0.216 e. The van der Waals surface area contributed by atoms with E-state index in [0.29, 0.717) is 22.8 Å². The Hall–Kier alpha value is -2.25. The molecule has 0 heterocycles. The number of benzene rings is 2. The highest BCUT2D eigenvalue weighted by Gasteiger charge is 2.16. The number of hydrogen-bond acceptors (Lipinski definition) is 5. The van der Waals surface area contributed by atoms with Gasteiger partial charge in [0, 0.05) is 6.54 Å². The van der Waals surface area contributed by atoms with Gasteiger partial charge < -0.3 is 14.2 Å². The molecule has 0 atom stereocenters. The second kappa shape index (κ2) is 8.22. The van der Waals surface area contributed by atoms with Gasteiger partial charge in [0.15, 0.2) is 11.5 Å². The van der Waals surface area contributed by atoms with E-state index < -0.39 is 10.0 Å². The Balaban J connectivity index is 2.14. The third-order valence-corrected chi connectivity index (χ3v) is 4.96. The zero-order valence-corrected chi connectivity index (χ0v) is 15.6. The Bertz CT molecular complexity index is 808. The van der Waals surface area contributed by atoms with Crippen LogP contribution in [0.4, 0.5) is 0 Å². The van der Waals surface area contributed by atoms with Crippen molar-refractivity contribution in [2.75, 3.05) is 21.3 Å². The van der Waals surface area contributed by atoms with Crippen molar-refractivity contribution >= 4 is 10.0 Å². The highest BCUT2D eigenvalue weighted by Crippen LogP contribution is 2.38. The van der Waals surface area contributed by atoms with Crippen LogP contribution in [-0.4, -0.2) is 29.7 Å². The molecule has 0 amide bonds. The van der Waals surface area contributed by atoms with Crippen LogP contribution >= 0.6 is 0 Å². The lowest BCUT2D eigenvalue weighted by molar-refractivity contribution is 0.323. The molecule has 2 rings (SSSR count). The minimum Gasteiger partial charge on any atom is -0.493 e. The quantitative estimate of drug-likeness (QED) is 0.778. The van der Waals surface area contributed by atoms with Crippen LogP contribution in [-0.2, 0) is 22.3 Å². The lowest BCUT2D eigenvalue weighted by Gasteiger charge is -2.14. The zero-order valence-electron chi connectivity index (χ0n) is 14.8. The van der Waals surface area contributed by atoms with Gasteiger partial charge in [0.25, 0.3) is 0 Å². The first-order valence-corrected chi connectivity index (χ1v) is 9.35. The van der Waals surface area contributed by atoms with E-state index in [1.807, 2.05) is 25.1 Å². The third kappa shape index (κ3) is 5.11. The molecule has 136 valence electrons. The van der Waals surface area contributed by atoms with Crippen molar-refractivity contribution in [3.63, 3.8) is 0 Å². The molecule has 0 unspecified atom stereocenters. The number of sulfonamides is 1. The van der Waals surface area contributed by atoms with E-state index in [-0.39, 0.29) is 12.3 Å². The molecule has 0 bridgehead atoms. The Morgan fingerprint density at radius 3 is 2.08 bits per heavy atom. The fourth-order valence-corrected chi connectivity index (χ4v) is 3.61. The molecular weight excluding hydrogens is 342 g/mol. The molecule has 1 N–H and O–H groups in total. The van der Waals surface area contributed by atoms with E-state index in [1.165, 1.54) is 21.3 Å². The van der Waals surface area contributed by atoms with Gasteiger partial charge >= 0.3 is 0 Å². The van der Waals surface area contributed by atoms with Gasteiger partial charge in [-0.2, -0.15) is 0 Å². The lowest BCUT2D eigenvalue weighted by atomic mass is 10.2. The van der Waals surface area contributed by atoms with Crippen LogP contribution < -0.4 is 18.9 Å². The fraction of sp³-hybridized carbons (Fsp3) is 0.333. The number of methoxy groups -OCH3 is 3. The fourth-order valence-electron chi connectivity index (χ4n) is 2.50. The molecule has 0 saturated heterocycles. The van der Waals surface area contributed by atoms with Gasteiger partial charge in [-0.1, -0.05) is 29.8 Å². The Morgan fingerprint density at radius 2 is 1.56 bits per heavy atom. The van der Waals surface area contributed by atoms with E-state index in [1.54, 1.807) is 18.2 Å². The summed E-state index contributed by atoms with van der Waals surface area (Å²) in [5.74, 6) is 1.36. The van der Waals surface area contributed by atoms with Crippen molar-refractivity contribution in [2.24, 2.45) is 0 Å². The number of aryl methyl sites for hydroxylation is 1. The zero-order chi connectivity index (χ0) is 18.4. The Morgan fingerprint density at radius 1 is 0.920 bits per heavy atom. The van der Waals surface area contributed by atoms with Crippen molar-refractivity contribution in [3.8, 4) is 17.2 Å². The predicted molar refractivity (Wildman–Crippen MR) is 96.7 cm³/mol. The molecule has 0 fully saturated rings. The molecular formula is C18H23NO5S. The summed E-state index contributed by atoms with van der Waals surface area (Å²) in [5, 5.41) is 0. The summed E-state index contributed by atoms with van der Waals surface area (Å²) in [6.07, 6.45) is 0. The summed E-state index contributed by atoms with van der Waals surface area (Å²) in [6.45, 7) is 2.06. The summed E-state index contributed by atoms with van der Waals surface area (Å²) in [7, 11) is 1.08. The van der Waals surface area contributed by atoms with E-state index in [2.05, 4.69) is 4.72 Å². The minimum absolute atomic E-state index is 0.0703. The minimum atomic E-state index is -3.47. The third-order valence-electron chi connectivity index (χ3n) is 3.66. The normalized spacial score (nSPS) is 11.2. The van der Waals surface area contributed by atoms with Crippen LogP contribution in [0, 0.1) is 6.92 Å². The van der Waals surface area contributed by atoms with Gasteiger partial charge in [0.05, 0.1) is 27.1 Å². The van der Waals surface area contributed by atoms with Gasteiger partial charge in [0.1, 0.15) is 0 Å². The molecule has 6 nitrogen and oxygen atoms in total. The van der Waals surface area contributed by atoms with Crippen molar-refractivity contribution in [1.82, 2.24) is 4.72 Å². The van der Waals surface area contributed by atoms with Crippen LogP contribution in [0.3, 0.4) is 0 Å². The standard InChI is InChI=1S/C18H23NO5S/c1-13-6-5-7-14(8-13)12-25(20,21)19-11-15-9-16(22-2)18(24-4)17(10-15)23-3/h5-10,19H,11-12H2,1-4H3. The molecule has 0 saturated carbocycles. The lowest BCUT2D eigenvalue weighted by Crippen LogP contribution is -2.24. The van der Waals surface area contributed by atoms with Gasteiger partial charge in [0.2, 0.25) is 15.8 Å². The Kier molecular flexibility index (Phi) is 6.27. The van der Waals surface area contributed by atoms with Crippen molar-refractivity contribution in [3.05, 3.63) is 53.1 Å². The molecule has 7 heteroatoms. The number of ether oxygens (including phenoxy) is 3. The first kappa shape index (κ1) is 19.1. The summed E-state index contributed by atoms with van der Waals surface area (Å²) < 4.78 is 43.1. The average Bonchev–Trinajstić information content (AvgIpc) is 2.58. The monoisotopic (exact) mass is 365 g/mol. The van der Waals surface area contributed by atoms with Crippen LogP contribution in [0.1, 0.15) is 16.7 Å². The van der Waals surface area contributed by atoms with Crippen LogP contribution in [0.5, 0.6) is 17.2 Å². The summed E-state index contributed by atoms with van der Waals surface area (Å²) >= 11 is 0. The van der Waals surface area contributed by atoms with Crippen LogP contribution in [0.15, 0.2) is 36.4 Å². The maximum Gasteiger partial charge on any atom is 0.216 e. The van der Waals surface area contributed by atoms with Gasteiger partial charge in [-0.05, 0) is 30.2 Å². The van der Waals surface area contributed by atoms with Crippen LogP contribution in [0.25, 0.3) is 0 Å². The summed E-state index contributed by atoms with van der Waals surface area (Å²) in [5.41, 5.74) is 2.48. The average molecular weight is 365 g/mol. The molecule has 0 radical (unpaired) electrons. The number of rotatable bonds is 8. The molecule has 0 aliphatic rings. The second-order valence-corrected chi connectivity index (χ2v) is 7.41. The maximum atomic E-state index is 12.3. The van der Waals surface area contributed by atoms with Crippen molar-refractivity contribution < 1.29 is 22.6 Å². The van der Waals surface area contributed by atoms with Gasteiger partial charge in [-0.25, -0.2) is 13.1 Å². The summed E-state index contributed by atoms with van der Waals surface area (Å²) in [6, 6.07) is 10.9. The first-order valence-electron chi connectivity index (χ1n) is 7.70. The van der Waals surface area contributed by atoms with E-state index in [9.17, 15) is 8.42 Å². The van der Waals surface area contributed by atoms with E-state index in [4.69, 9.17) is 14.2 Å². The molecule has 2 aromatic rings. The predicted octanol–water partition coefficient (Wildman–Crippen LogP) is 2.64. The maximum absolute atomic E-state index is 12.3. The van der Waals surface area contributed by atoms with Crippen molar-refractivity contribution in [2.45, 2.75) is 19.2 Å². The topological polar surface area (TPSA) is 73.9 Å². The van der Waals surface area contributed by atoms with Gasteiger partial charge in [-0.3, -0.25) is 0 Å². The van der Waals surface area contributed by atoms with Crippen LogP contribution in [0.2, 0.25) is 0 Å². The number of nitrogens with one attached hydrogen (secondary N) is 1. The second-order valence-electron chi connectivity index (χ2n) is 5.60. The van der Waals surface area contributed by atoms with Crippen molar-refractivity contribution in [1.29, 1.82) is 0 Å². The SMILES string of the molecule is COc1cc(CNS(=O)(=O)Cc2cccc(C)c2)cc(OC)c1OC. The molecule has 0 aliphatic heterocycles. The molecule has 0 spiro atoms. The number of hydrogen-bond donors (Lipinski definition) is 1. The van der Waals surface area contributed by atoms with E-state index in [0.717, 1.165) is 11.1 Å². The molecule has 2 aromatic carbocycles. The van der Waals surface area contributed by atoms with E-state index >= 15 is 0 Å². The first-order chi connectivity index (χ1) is 11.9. The molecule has 25 heavy (non-hydrogen) atoms. The Labute approximate surface area is 148 Å². The largest absolute Gasteiger partial charge is 0.493 e. The van der Waals surface area contributed by atoms with Gasteiger partial charge in [-0.15, -0.1) is 0 Å². The molecule has 0 aromatic heterocycles.